The summed E-state index contributed by atoms with van der Waals surface area (Å²) in [5.74, 6) is -0.0418. The van der Waals surface area contributed by atoms with Gasteiger partial charge in [-0.25, -0.2) is 4.98 Å². The number of hydrogen-bond acceptors (Lipinski definition) is 3. The second-order valence-electron chi connectivity index (χ2n) is 4.56. The molecule has 2 aromatic rings. The molecule has 0 unspecified atom stereocenters. The van der Waals surface area contributed by atoms with Gasteiger partial charge in [0.2, 0.25) is 0 Å². The zero-order chi connectivity index (χ0) is 15.7. The van der Waals surface area contributed by atoms with Crippen molar-refractivity contribution < 1.29 is 22.7 Å². The minimum absolute atomic E-state index is 0.100. The van der Waals surface area contributed by atoms with Gasteiger partial charge in [0, 0.05) is 0 Å². The molecular formula is C15H9F3N2O2. The van der Waals surface area contributed by atoms with Crippen LogP contribution in [0.15, 0.2) is 24.3 Å². The summed E-state index contributed by atoms with van der Waals surface area (Å²) in [5, 5.41) is 2.62. The van der Waals surface area contributed by atoms with Gasteiger partial charge in [-0.1, -0.05) is 12.1 Å². The quantitative estimate of drug-likeness (QED) is 0.880. The second kappa shape index (κ2) is 5.22. The summed E-state index contributed by atoms with van der Waals surface area (Å²) in [4.78, 5) is 16.0. The van der Waals surface area contributed by atoms with E-state index < -0.39 is 11.7 Å². The molecule has 1 aliphatic heterocycles. The predicted octanol–water partition coefficient (Wildman–Crippen LogP) is 2.49. The minimum Gasteiger partial charge on any atom is -0.489 e. The number of pyridine rings is 1. The smallest absolute Gasteiger partial charge is 0.424 e. The van der Waals surface area contributed by atoms with Crippen LogP contribution in [0.1, 0.15) is 16.1 Å². The maximum absolute atomic E-state index is 12.5. The van der Waals surface area contributed by atoms with Crippen molar-refractivity contribution in [3.63, 3.8) is 0 Å². The summed E-state index contributed by atoms with van der Waals surface area (Å²) in [7, 11) is 0. The summed E-state index contributed by atoms with van der Waals surface area (Å²) in [6.07, 6.45) is -4.47. The lowest BCUT2D eigenvalue weighted by molar-refractivity contribution is -0.137. The molecule has 0 saturated carbocycles. The number of carbonyl (C=O) groups is 1. The van der Waals surface area contributed by atoms with E-state index in [9.17, 15) is 18.0 Å². The van der Waals surface area contributed by atoms with Gasteiger partial charge in [-0.3, -0.25) is 4.79 Å². The van der Waals surface area contributed by atoms with Crippen molar-refractivity contribution in [3.8, 4) is 17.0 Å². The maximum Gasteiger partial charge on any atom is 0.424 e. The summed E-state index contributed by atoms with van der Waals surface area (Å²) >= 11 is 0. The van der Waals surface area contributed by atoms with Crippen molar-refractivity contribution in [1.29, 1.82) is 0 Å². The highest BCUT2D eigenvalue weighted by Crippen LogP contribution is 2.29. The van der Waals surface area contributed by atoms with Crippen LogP contribution in [0.4, 0.5) is 13.2 Å². The molecule has 1 amide bonds. The first-order valence-electron chi connectivity index (χ1n) is 6.39. The standard InChI is InChI=1S/C15H9F3N2O2/c16-15(17,18)10-3-1-9(2-4-10)11-5-6-12-13(20-11)14(21)19-7-8-22-12/h1,3,5-6H,7-8H2,(H,19,21). The van der Waals surface area contributed by atoms with Crippen LogP contribution in [0.25, 0.3) is 11.3 Å². The van der Waals surface area contributed by atoms with Crippen LogP contribution in [0.5, 0.6) is 5.75 Å². The molecular weight excluding hydrogens is 297 g/mol. The number of nitrogens with one attached hydrogen (secondary N) is 1. The fourth-order valence-corrected chi connectivity index (χ4v) is 1.98. The second-order valence-corrected chi connectivity index (χ2v) is 4.56. The Hall–Kier alpha value is -2.75. The third-order valence-electron chi connectivity index (χ3n) is 3.05. The van der Waals surface area contributed by atoms with Crippen LogP contribution >= 0.6 is 0 Å². The molecule has 7 heteroatoms. The van der Waals surface area contributed by atoms with E-state index in [2.05, 4.69) is 22.4 Å². The van der Waals surface area contributed by atoms with E-state index in [0.717, 1.165) is 6.07 Å². The maximum atomic E-state index is 12.5. The van der Waals surface area contributed by atoms with Gasteiger partial charge in [-0.05, 0) is 24.3 Å². The van der Waals surface area contributed by atoms with Crippen molar-refractivity contribution in [1.82, 2.24) is 10.3 Å². The Kier molecular flexibility index (Phi) is 3.37. The molecule has 2 heterocycles. The topological polar surface area (TPSA) is 51.2 Å². The van der Waals surface area contributed by atoms with Crippen molar-refractivity contribution in [2.75, 3.05) is 13.2 Å². The van der Waals surface area contributed by atoms with E-state index in [0.29, 0.717) is 30.2 Å². The molecule has 0 bridgehead atoms. The van der Waals surface area contributed by atoms with Crippen LogP contribution in [0.2, 0.25) is 0 Å². The van der Waals surface area contributed by atoms with E-state index in [1.807, 2.05) is 0 Å². The van der Waals surface area contributed by atoms with Crippen molar-refractivity contribution in [3.05, 3.63) is 47.7 Å². The molecule has 1 N–H and O–H groups in total. The molecule has 0 radical (unpaired) electrons. The van der Waals surface area contributed by atoms with Gasteiger partial charge in [0.1, 0.15) is 12.2 Å². The molecule has 0 atom stereocenters. The minimum atomic E-state index is -4.47. The summed E-state index contributed by atoms with van der Waals surface area (Å²) in [5.41, 5.74) is -0.174. The number of hydrogen-bond donors (Lipinski definition) is 1. The van der Waals surface area contributed by atoms with Crippen LogP contribution < -0.4 is 10.1 Å². The first-order valence-corrected chi connectivity index (χ1v) is 6.39. The van der Waals surface area contributed by atoms with Crippen LogP contribution in [0.3, 0.4) is 0 Å². The Morgan fingerprint density at radius 3 is 2.68 bits per heavy atom. The fraction of sp³-hybridized carbons (Fsp3) is 0.200. The highest BCUT2D eigenvalue weighted by molar-refractivity contribution is 5.95. The largest absolute Gasteiger partial charge is 0.489 e. The highest BCUT2D eigenvalue weighted by Gasteiger charge is 2.30. The zero-order valence-electron chi connectivity index (χ0n) is 11.1. The third-order valence-corrected chi connectivity index (χ3v) is 3.05. The fourth-order valence-electron chi connectivity index (χ4n) is 1.98. The predicted molar refractivity (Wildman–Crippen MR) is 70.2 cm³/mol. The lowest BCUT2D eigenvalue weighted by Crippen LogP contribution is -2.25. The Morgan fingerprint density at radius 2 is 2.00 bits per heavy atom. The summed E-state index contributed by atoms with van der Waals surface area (Å²) in [6, 6.07) is 9.74. The van der Waals surface area contributed by atoms with Crippen molar-refractivity contribution >= 4 is 5.91 Å². The Labute approximate surface area is 123 Å². The Balaban J connectivity index is 1.97. The van der Waals surface area contributed by atoms with E-state index in [1.165, 1.54) is 6.07 Å². The molecule has 0 aliphatic carbocycles. The number of fused-ring (bicyclic) bond motifs is 1. The molecule has 112 valence electrons. The number of halogens is 3. The number of alkyl halides is 3. The number of carbonyl (C=O) groups excluding carboxylic acids is 1. The van der Waals surface area contributed by atoms with Gasteiger partial charge in [0.25, 0.3) is 5.91 Å². The molecule has 4 nitrogen and oxygen atoms in total. The van der Waals surface area contributed by atoms with Crippen molar-refractivity contribution in [2.24, 2.45) is 0 Å². The Morgan fingerprint density at radius 1 is 1.18 bits per heavy atom. The van der Waals surface area contributed by atoms with Gasteiger partial charge in [0.15, 0.2) is 11.4 Å². The molecule has 3 rings (SSSR count). The zero-order valence-corrected chi connectivity index (χ0v) is 11.1. The van der Waals surface area contributed by atoms with E-state index >= 15 is 0 Å². The normalized spacial score (nSPS) is 14.2. The molecule has 0 fully saturated rings. The van der Waals surface area contributed by atoms with Gasteiger partial charge in [0.05, 0.1) is 17.8 Å². The number of nitrogens with zero attached hydrogens (tertiary/aromatic N) is 1. The van der Waals surface area contributed by atoms with Gasteiger partial charge in [-0.15, -0.1) is 0 Å². The number of rotatable bonds is 1. The molecule has 0 saturated heterocycles. The van der Waals surface area contributed by atoms with Crippen LogP contribution in [-0.2, 0) is 6.18 Å². The van der Waals surface area contributed by atoms with E-state index in [1.54, 1.807) is 12.1 Å². The van der Waals surface area contributed by atoms with Crippen LogP contribution in [-0.4, -0.2) is 24.0 Å². The van der Waals surface area contributed by atoms with Crippen LogP contribution in [0, 0.1) is 12.1 Å². The average molecular weight is 306 g/mol. The number of amides is 1. The summed E-state index contributed by atoms with van der Waals surface area (Å²) in [6.45, 7) is 0.699. The van der Waals surface area contributed by atoms with Gasteiger partial charge >= 0.3 is 6.18 Å². The molecule has 1 aliphatic rings. The highest BCUT2D eigenvalue weighted by atomic mass is 19.4. The summed E-state index contributed by atoms with van der Waals surface area (Å²) < 4.78 is 42.9. The molecule has 0 spiro atoms. The average Bonchev–Trinajstić information content (AvgIpc) is 2.68. The van der Waals surface area contributed by atoms with E-state index in [-0.39, 0.29) is 11.6 Å². The Bertz CT molecular complexity index is 712. The molecule has 1 aromatic heterocycles. The third kappa shape index (κ3) is 2.68. The first kappa shape index (κ1) is 14.2. The number of aromatic nitrogens is 1. The van der Waals surface area contributed by atoms with E-state index in [4.69, 9.17) is 4.74 Å². The SMILES string of the molecule is O=C1NCCOc2ccc(-c3c#cc(C(F)(F)F)cc3)nc21. The van der Waals surface area contributed by atoms with Gasteiger partial charge < -0.3 is 10.1 Å². The monoisotopic (exact) mass is 306 g/mol. The lowest BCUT2D eigenvalue weighted by atomic mass is 10.1. The van der Waals surface area contributed by atoms with Gasteiger partial charge in [-0.2, -0.15) is 13.2 Å². The molecule has 1 aromatic carbocycles. The number of ether oxygens (including phenoxy) is 1. The molecule has 22 heavy (non-hydrogen) atoms. The first-order chi connectivity index (χ1) is 10.4. The van der Waals surface area contributed by atoms with Crippen molar-refractivity contribution in [2.45, 2.75) is 6.18 Å². The lowest BCUT2D eigenvalue weighted by Gasteiger charge is -2.07.